The molecular weight excluding hydrogens is 268 g/mol. The van der Waals surface area contributed by atoms with Crippen molar-refractivity contribution >= 4 is 17.9 Å². The number of aromatic carboxylic acids is 2. The summed E-state index contributed by atoms with van der Waals surface area (Å²) in [4.78, 5) is 32.8. The number of esters is 1. The monoisotopic (exact) mass is 280 g/mol. The first-order chi connectivity index (χ1) is 9.31. The molecule has 0 fully saturated rings. The zero-order valence-electron chi connectivity index (χ0n) is 10.6. The van der Waals surface area contributed by atoms with Gasteiger partial charge in [0.25, 0.3) is 0 Å². The van der Waals surface area contributed by atoms with Crippen LogP contribution in [0.15, 0.2) is 30.4 Å². The summed E-state index contributed by atoms with van der Waals surface area (Å²) in [7, 11) is 0. The number of carboxylic acids is 2. The fraction of sp³-hybridized carbons (Fsp3) is 0.154. The minimum absolute atomic E-state index is 0.0307. The van der Waals surface area contributed by atoms with E-state index in [1.54, 1.807) is 0 Å². The lowest BCUT2D eigenvalue weighted by atomic mass is 10.1. The van der Waals surface area contributed by atoms with Gasteiger partial charge >= 0.3 is 17.9 Å². The minimum atomic E-state index is -1.29. The summed E-state index contributed by atoms with van der Waals surface area (Å²) >= 11 is 0. The van der Waals surface area contributed by atoms with E-state index in [2.05, 4.69) is 11.3 Å². The number of hydrogen-bond acceptors (Lipinski definition) is 5. The summed E-state index contributed by atoms with van der Waals surface area (Å²) in [5, 5.41) is 17.7. The van der Waals surface area contributed by atoms with Crippen molar-refractivity contribution in [2.75, 3.05) is 6.79 Å². The van der Waals surface area contributed by atoms with Crippen LogP contribution in [0, 0.1) is 0 Å². The molecule has 0 radical (unpaired) electrons. The number of carboxylic acid groups (broad SMARTS) is 2. The highest BCUT2D eigenvalue weighted by Gasteiger charge is 2.12. The molecule has 7 nitrogen and oxygen atoms in total. The van der Waals surface area contributed by atoms with E-state index < -0.39 is 24.7 Å². The van der Waals surface area contributed by atoms with Crippen LogP contribution < -0.4 is 4.74 Å². The van der Waals surface area contributed by atoms with Gasteiger partial charge in [-0.1, -0.05) is 6.58 Å². The topological polar surface area (TPSA) is 110 Å². The number of ether oxygens (including phenoxy) is 2. The molecular formula is C13H12O7. The Hall–Kier alpha value is -2.83. The molecule has 20 heavy (non-hydrogen) atoms. The highest BCUT2D eigenvalue weighted by Crippen LogP contribution is 2.18. The predicted octanol–water partition coefficient (Wildman–Crippen LogP) is 1.54. The smallest absolute Gasteiger partial charge is 0.335 e. The third kappa shape index (κ3) is 4.13. The average Bonchev–Trinajstić information content (AvgIpc) is 2.37. The number of carbonyl (C=O) groups is 3. The quantitative estimate of drug-likeness (QED) is 0.462. The Kier molecular flexibility index (Phi) is 4.85. The molecule has 0 heterocycles. The molecule has 0 unspecified atom stereocenters. The third-order valence-electron chi connectivity index (χ3n) is 2.16. The molecule has 0 spiro atoms. The number of benzene rings is 1. The molecule has 0 aliphatic carbocycles. The Labute approximate surface area is 114 Å². The molecule has 0 amide bonds. The zero-order chi connectivity index (χ0) is 15.3. The van der Waals surface area contributed by atoms with Gasteiger partial charge in [-0.3, -0.25) is 0 Å². The van der Waals surface area contributed by atoms with Crippen molar-refractivity contribution in [1.82, 2.24) is 0 Å². The maximum absolute atomic E-state index is 11.1. The summed E-state index contributed by atoms with van der Waals surface area (Å²) in [6.07, 6.45) is 0. The van der Waals surface area contributed by atoms with Crippen molar-refractivity contribution in [3.63, 3.8) is 0 Å². The van der Waals surface area contributed by atoms with Crippen molar-refractivity contribution in [2.45, 2.75) is 6.92 Å². The van der Waals surface area contributed by atoms with Crippen LogP contribution in [0.25, 0.3) is 0 Å². The lowest BCUT2D eigenvalue weighted by Gasteiger charge is -2.09. The van der Waals surface area contributed by atoms with Gasteiger partial charge in [0.1, 0.15) is 5.75 Å². The van der Waals surface area contributed by atoms with Gasteiger partial charge in [-0.2, -0.15) is 0 Å². The van der Waals surface area contributed by atoms with Crippen LogP contribution in [-0.4, -0.2) is 34.9 Å². The molecule has 1 rings (SSSR count). The normalized spacial score (nSPS) is 9.65. The molecule has 1 aromatic carbocycles. The van der Waals surface area contributed by atoms with Gasteiger partial charge in [0.2, 0.25) is 6.79 Å². The van der Waals surface area contributed by atoms with Crippen LogP contribution in [0.2, 0.25) is 0 Å². The summed E-state index contributed by atoms with van der Waals surface area (Å²) in [5.41, 5.74) is -0.309. The van der Waals surface area contributed by atoms with E-state index in [1.165, 1.54) is 6.92 Å². The van der Waals surface area contributed by atoms with Gasteiger partial charge in [0, 0.05) is 5.57 Å². The Morgan fingerprint density at radius 3 is 2.00 bits per heavy atom. The molecule has 106 valence electrons. The highest BCUT2D eigenvalue weighted by molar-refractivity contribution is 5.94. The van der Waals surface area contributed by atoms with Crippen molar-refractivity contribution in [3.05, 3.63) is 41.5 Å². The Bertz CT molecular complexity index is 542. The summed E-state index contributed by atoms with van der Waals surface area (Å²) in [5.74, 6) is -3.29. The lowest BCUT2D eigenvalue weighted by molar-refractivity contribution is -0.145. The summed E-state index contributed by atoms with van der Waals surface area (Å²) in [6.45, 7) is 4.35. The molecule has 0 aromatic heterocycles. The van der Waals surface area contributed by atoms with Crippen LogP contribution in [0.4, 0.5) is 0 Å². The van der Waals surface area contributed by atoms with Gasteiger partial charge in [0.05, 0.1) is 11.1 Å². The van der Waals surface area contributed by atoms with Crippen molar-refractivity contribution in [2.24, 2.45) is 0 Å². The Morgan fingerprint density at radius 2 is 1.60 bits per heavy atom. The number of carbonyl (C=O) groups excluding carboxylic acids is 1. The van der Waals surface area contributed by atoms with Crippen LogP contribution >= 0.6 is 0 Å². The van der Waals surface area contributed by atoms with E-state index in [4.69, 9.17) is 14.9 Å². The summed E-state index contributed by atoms with van der Waals surface area (Å²) < 4.78 is 9.65. The second kappa shape index (κ2) is 6.37. The summed E-state index contributed by atoms with van der Waals surface area (Å²) in [6, 6.07) is 3.25. The first-order valence-corrected chi connectivity index (χ1v) is 5.38. The van der Waals surface area contributed by atoms with E-state index >= 15 is 0 Å². The first-order valence-electron chi connectivity index (χ1n) is 5.38. The van der Waals surface area contributed by atoms with E-state index in [9.17, 15) is 14.4 Å². The standard InChI is InChI=1S/C13H12O7/c1-7(2)13(18)20-6-19-10-4-8(11(14)15)3-9(5-10)12(16)17/h3-5H,1,6H2,2H3,(H,14,15)(H,16,17). The van der Waals surface area contributed by atoms with Crippen molar-refractivity contribution in [1.29, 1.82) is 0 Å². The molecule has 0 aliphatic heterocycles. The van der Waals surface area contributed by atoms with Crippen LogP contribution in [-0.2, 0) is 9.53 Å². The molecule has 7 heteroatoms. The number of rotatable bonds is 6. The fourth-order valence-corrected chi connectivity index (χ4v) is 1.20. The van der Waals surface area contributed by atoms with E-state index in [-0.39, 0.29) is 22.4 Å². The lowest BCUT2D eigenvalue weighted by Crippen LogP contribution is -2.11. The minimum Gasteiger partial charge on any atom is -0.478 e. The molecule has 0 saturated heterocycles. The van der Waals surface area contributed by atoms with Gasteiger partial charge in [0.15, 0.2) is 0 Å². The van der Waals surface area contributed by atoms with E-state index in [0.29, 0.717) is 0 Å². The van der Waals surface area contributed by atoms with Crippen LogP contribution in [0.3, 0.4) is 0 Å². The predicted molar refractivity (Wildman–Crippen MR) is 66.8 cm³/mol. The molecule has 1 aromatic rings. The van der Waals surface area contributed by atoms with Crippen molar-refractivity contribution in [3.8, 4) is 5.75 Å². The Morgan fingerprint density at radius 1 is 1.10 bits per heavy atom. The van der Waals surface area contributed by atoms with Gasteiger partial charge in [-0.15, -0.1) is 0 Å². The SMILES string of the molecule is C=C(C)C(=O)OCOc1cc(C(=O)O)cc(C(=O)O)c1. The fourth-order valence-electron chi connectivity index (χ4n) is 1.20. The maximum Gasteiger partial charge on any atom is 0.335 e. The third-order valence-corrected chi connectivity index (χ3v) is 2.16. The van der Waals surface area contributed by atoms with Gasteiger partial charge in [-0.05, 0) is 25.1 Å². The van der Waals surface area contributed by atoms with Crippen LogP contribution in [0.5, 0.6) is 5.75 Å². The van der Waals surface area contributed by atoms with Gasteiger partial charge < -0.3 is 19.7 Å². The van der Waals surface area contributed by atoms with Gasteiger partial charge in [-0.25, -0.2) is 14.4 Å². The molecule has 2 N–H and O–H groups in total. The van der Waals surface area contributed by atoms with Crippen LogP contribution in [0.1, 0.15) is 27.6 Å². The highest BCUT2D eigenvalue weighted by atomic mass is 16.7. The van der Waals surface area contributed by atoms with E-state index in [1.807, 2.05) is 0 Å². The maximum atomic E-state index is 11.1. The Balaban J connectivity index is 2.84. The van der Waals surface area contributed by atoms with Crippen molar-refractivity contribution < 1.29 is 34.1 Å². The molecule has 0 saturated carbocycles. The second-order valence-electron chi connectivity index (χ2n) is 3.83. The molecule has 0 atom stereocenters. The number of hydrogen-bond donors (Lipinski definition) is 2. The van der Waals surface area contributed by atoms with E-state index in [0.717, 1.165) is 18.2 Å². The second-order valence-corrected chi connectivity index (χ2v) is 3.83. The first kappa shape index (κ1) is 15.2. The molecule has 0 bridgehead atoms. The zero-order valence-corrected chi connectivity index (χ0v) is 10.6. The average molecular weight is 280 g/mol. The molecule has 0 aliphatic rings. The largest absolute Gasteiger partial charge is 0.478 e.